The average Bonchev–Trinajstić information content (AvgIpc) is 3.04. The topological polar surface area (TPSA) is 117 Å². The number of anilines is 4. The average molecular weight is 657 g/mol. The zero-order valence-electron chi connectivity index (χ0n) is 25.3. The van der Waals surface area contributed by atoms with E-state index in [4.69, 9.17) is 9.47 Å². The molecule has 2 unspecified atom stereocenters. The van der Waals surface area contributed by atoms with E-state index in [1.54, 1.807) is 60.7 Å². The Balaban J connectivity index is 1.55. The molecule has 0 bridgehead atoms. The molecule has 0 spiro atoms. The third-order valence-electron chi connectivity index (χ3n) is 7.18. The molecule has 5 aromatic rings. The van der Waals surface area contributed by atoms with Gasteiger partial charge in [0.05, 0.1) is 35.4 Å². The minimum Gasteiger partial charge on any atom is -0.465 e. The van der Waals surface area contributed by atoms with E-state index in [2.05, 4.69) is 0 Å². The Morgan fingerprint density at radius 1 is 0.674 bits per heavy atom. The van der Waals surface area contributed by atoms with Crippen LogP contribution in [0.5, 0.6) is 11.5 Å². The number of rotatable bonds is 11. The number of ether oxygens (including phenoxy) is 2. The first-order valence-corrected chi connectivity index (χ1v) is 16.3. The summed E-state index contributed by atoms with van der Waals surface area (Å²) >= 11 is -4.87. The van der Waals surface area contributed by atoms with Crippen LogP contribution in [0.2, 0.25) is 0 Å². The van der Waals surface area contributed by atoms with E-state index in [-0.39, 0.29) is 17.0 Å². The van der Waals surface area contributed by atoms with Crippen LogP contribution in [-0.2, 0) is 33.7 Å². The molecule has 0 heterocycles. The molecule has 46 heavy (non-hydrogen) atoms. The van der Waals surface area contributed by atoms with Gasteiger partial charge >= 0.3 is 5.97 Å². The summed E-state index contributed by atoms with van der Waals surface area (Å²) in [7, 11) is 1.23. The fourth-order valence-electron chi connectivity index (χ4n) is 4.93. The second-order valence-electron chi connectivity index (χ2n) is 10.4. The molecule has 5 aromatic carbocycles. The number of aryl methyl sites for hydroxylation is 2. The largest absolute Gasteiger partial charge is 0.465 e. The number of carbonyl (C=O) groups is 1. The molecule has 0 aliphatic rings. The highest BCUT2D eigenvalue weighted by Gasteiger charge is 2.24. The van der Waals surface area contributed by atoms with Crippen LogP contribution in [0.25, 0.3) is 0 Å². The van der Waals surface area contributed by atoms with Gasteiger partial charge in [-0.1, -0.05) is 65.7 Å². The Morgan fingerprint density at radius 3 is 1.70 bits per heavy atom. The SMILES string of the molecule is COC(=O)c1cc(Oc2ccc(N(c3ccc(C)cc3)S(=O)O)c(Cc3ccccc3)c2)ccc1N(c1ccc(C)cc1)S(=O)O. The van der Waals surface area contributed by atoms with Crippen molar-refractivity contribution >= 4 is 51.3 Å². The highest BCUT2D eigenvalue weighted by Crippen LogP contribution is 2.37. The minimum atomic E-state index is -2.50. The van der Waals surface area contributed by atoms with Crippen molar-refractivity contribution in [2.45, 2.75) is 20.3 Å². The Bertz CT molecular complexity index is 1880. The Labute approximate surface area is 272 Å². The van der Waals surface area contributed by atoms with Crippen LogP contribution < -0.4 is 13.3 Å². The van der Waals surface area contributed by atoms with Crippen molar-refractivity contribution < 1.29 is 31.8 Å². The fraction of sp³-hybridized carbons (Fsp3) is 0.114. The molecule has 2 N–H and O–H groups in total. The van der Waals surface area contributed by atoms with Gasteiger partial charge in [0.1, 0.15) is 11.5 Å². The Morgan fingerprint density at radius 2 is 1.17 bits per heavy atom. The summed E-state index contributed by atoms with van der Waals surface area (Å²) in [4.78, 5) is 12.9. The molecule has 0 radical (unpaired) electrons. The zero-order chi connectivity index (χ0) is 32.8. The zero-order valence-corrected chi connectivity index (χ0v) is 27.0. The number of carbonyl (C=O) groups excluding carboxylic acids is 1. The van der Waals surface area contributed by atoms with Gasteiger partial charge in [-0.15, -0.1) is 0 Å². The smallest absolute Gasteiger partial charge is 0.340 e. The lowest BCUT2D eigenvalue weighted by Gasteiger charge is -2.24. The highest BCUT2D eigenvalue weighted by molar-refractivity contribution is 7.81. The van der Waals surface area contributed by atoms with Gasteiger partial charge in [0, 0.05) is 0 Å². The van der Waals surface area contributed by atoms with Crippen molar-refractivity contribution in [3.05, 3.63) is 143 Å². The lowest BCUT2D eigenvalue weighted by atomic mass is 10.0. The summed E-state index contributed by atoms with van der Waals surface area (Å²) in [5, 5.41) is 0. The first kappa shape index (κ1) is 32.6. The molecule has 0 amide bonds. The van der Waals surface area contributed by atoms with Crippen molar-refractivity contribution in [3.8, 4) is 11.5 Å². The van der Waals surface area contributed by atoms with Crippen molar-refractivity contribution in [1.29, 1.82) is 0 Å². The van der Waals surface area contributed by atoms with E-state index in [1.165, 1.54) is 23.5 Å². The minimum absolute atomic E-state index is 0.0188. The van der Waals surface area contributed by atoms with Gasteiger partial charge in [-0.05, 0) is 92.1 Å². The summed E-state index contributed by atoms with van der Waals surface area (Å²) in [5.74, 6) is -0.0366. The summed E-state index contributed by atoms with van der Waals surface area (Å²) in [6.45, 7) is 3.84. The van der Waals surface area contributed by atoms with Gasteiger partial charge in [-0.3, -0.25) is 9.11 Å². The van der Waals surface area contributed by atoms with Gasteiger partial charge in [-0.2, -0.15) is 0 Å². The van der Waals surface area contributed by atoms with Crippen LogP contribution in [0.4, 0.5) is 22.7 Å². The fourth-order valence-corrected chi connectivity index (χ4v) is 6.21. The lowest BCUT2D eigenvalue weighted by Crippen LogP contribution is -2.22. The molecule has 0 saturated heterocycles. The maximum absolute atomic E-state index is 12.9. The van der Waals surface area contributed by atoms with Gasteiger partial charge in [0.15, 0.2) is 0 Å². The second-order valence-corrected chi connectivity index (χ2v) is 12.1. The van der Waals surface area contributed by atoms with Gasteiger partial charge < -0.3 is 9.47 Å². The number of methoxy groups -OCH3 is 1. The van der Waals surface area contributed by atoms with Crippen molar-refractivity contribution in [2.24, 2.45) is 0 Å². The van der Waals surface area contributed by atoms with Crippen molar-refractivity contribution in [2.75, 3.05) is 15.7 Å². The number of esters is 1. The number of hydrogen-bond donors (Lipinski definition) is 2. The summed E-state index contributed by atoms with van der Waals surface area (Å²) in [6, 6.07) is 33.7. The van der Waals surface area contributed by atoms with Crippen LogP contribution >= 0.6 is 0 Å². The molecule has 11 heteroatoms. The normalized spacial score (nSPS) is 12.2. The molecule has 2 atom stereocenters. The number of benzene rings is 5. The van der Waals surface area contributed by atoms with Crippen LogP contribution in [0.3, 0.4) is 0 Å². The summed E-state index contributed by atoms with van der Waals surface area (Å²) < 4.78 is 59.4. The molecule has 0 saturated carbocycles. The third-order valence-corrected chi connectivity index (χ3v) is 8.62. The van der Waals surface area contributed by atoms with E-state index >= 15 is 0 Å². The monoisotopic (exact) mass is 656 g/mol. The van der Waals surface area contributed by atoms with Crippen LogP contribution in [-0.4, -0.2) is 30.6 Å². The van der Waals surface area contributed by atoms with Crippen LogP contribution in [0.15, 0.2) is 115 Å². The highest BCUT2D eigenvalue weighted by atomic mass is 32.2. The van der Waals surface area contributed by atoms with Gasteiger partial charge in [-0.25, -0.2) is 21.8 Å². The van der Waals surface area contributed by atoms with Crippen molar-refractivity contribution in [1.82, 2.24) is 0 Å². The van der Waals surface area contributed by atoms with Crippen molar-refractivity contribution in [3.63, 3.8) is 0 Å². The van der Waals surface area contributed by atoms with E-state index in [1.807, 2.05) is 56.3 Å². The molecular weight excluding hydrogens is 625 g/mol. The first-order chi connectivity index (χ1) is 22.1. The molecule has 0 aliphatic heterocycles. The summed E-state index contributed by atoms with van der Waals surface area (Å²) in [5.41, 5.74) is 5.34. The van der Waals surface area contributed by atoms with Gasteiger partial charge in [0.2, 0.25) is 0 Å². The molecule has 5 rings (SSSR count). The van der Waals surface area contributed by atoms with Crippen LogP contribution in [0.1, 0.15) is 32.6 Å². The molecule has 236 valence electrons. The first-order valence-electron chi connectivity index (χ1n) is 14.2. The third kappa shape index (κ3) is 7.52. The van der Waals surface area contributed by atoms with E-state index < -0.39 is 28.5 Å². The molecule has 9 nitrogen and oxygen atoms in total. The van der Waals surface area contributed by atoms with E-state index in [9.17, 15) is 22.3 Å². The maximum Gasteiger partial charge on any atom is 0.340 e. The Hall–Kier alpha value is -4.81. The second kappa shape index (κ2) is 14.5. The quantitative estimate of drug-likeness (QED) is 0.109. The van der Waals surface area contributed by atoms with Gasteiger partial charge in [0.25, 0.3) is 22.5 Å². The number of nitrogens with zero attached hydrogens (tertiary/aromatic N) is 2. The maximum atomic E-state index is 12.9. The molecule has 0 fully saturated rings. The lowest BCUT2D eigenvalue weighted by molar-refractivity contribution is 0.0601. The summed E-state index contributed by atoms with van der Waals surface area (Å²) in [6.07, 6.45) is 0.438. The van der Waals surface area contributed by atoms with Crippen LogP contribution in [0, 0.1) is 13.8 Å². The standard InChI is InChI=1S/C35H32N2O7S2/c1-24-9-13-28(14-10-24)36(45(39)40)33-19-17-30(22-27(33)21-26-7-5-4-6-8-26)44-31-18-20-34(32(23-31)35(38)43-3)37(46(41)42)29-15-11-25(2)12-16-29/h4-20,22-23H,21H2,1-3H3,(H,39,40)(H,41,42). The predicted octanol–water partition coefficient (Wildman–Crippen LogP) is 8.02. The molecule has 0 aliphatic carbocycles. The number of hydrogen-bond acceptors (Lipinski definition) is 5. The Kier molecular flexibility index (Phi) is 10.3. The predicted molar refractivity (Wildman–Crippen MR) is 182 cm³/mol. The van der Waals surface area contributed by atoms with E-state index in [0.29, 0.717) is 29.2 Å². The molecular formula is C35H32N2O7S2. The van der Waals surface area contributed by atoms with E-state index in [0.717, 1.165) is 26.6 Å². The molecule has 0 aromatic heterocycles.